The molecule has 2 aliphatic rings. The normalized spacial score (nSPS) is 20.2. The summed E-state index contributed by atoms with van der Waals surface area (Å²) in [4.78, 5) is 25.9. The third-order valence-electron chi connectivity index (χ3n) is 5.12. The van der Waals surface area contributed by atoms with Gasteiger partial charge in [0.25, 0.3) is 5.91 Å². The quantitative estimate of drug-likeness (QED) is 0.917. The van der Waals surface area contributed by atoms with Gasteiger partial charge >= 0.3 is 0 Å². The van der Waals surface area contributed by atoms with Gasteiger partial charge in [-0.3, -0.25) is 4.79 Å². The second-order valence-electron chi connectivity index (χ2n) is 6.89. The Morgan fingerprint density at radius 1 is 1.17 bits per heavy atom. The number of piperazine rings is 1. The zero-order chi connectivity index (χ0) is 16.9. The molecule has 0 spiro atoms. The molecule has 6 nitrogen and oxygen atoms in total. The third-order valence-corrected chi connectivity index (χ3v) is 5.12. The number of carbonyl (C=O) groups excluding carboxylic acids is 1. The lowest BCUT2D eigenvalue weighted by atomic mass is 9.95. The zero-order valence-electron chi connectivity index (χ0n) is 14.9. The van der Waals surface area contributed by atoms with E-state index in [9.17, 15) is 4.79 Å². The number of anilines is 1. The van der Waals surface area contributed by atoms with Gasteiger partial charge in [0.15, 0.2) is 0 Å². The summed E-state index contributed by atoms with van der Waals surface area (Å²) in [7, 11) is 0. The van der Waals surface area contributed by atoms with E-state index >= 15 is 0 Å². The summed E-state index contributed by atoms with van der Waals surface area (Å²) in [6, 6.07) is 2.31. The van der Waals surface area contributed by atoms with Gasteiger partial charge in [-0.1, -0.05) is 26.2 Å². The standard InChI is InChI=1S/C18H29N5O/c1-3-22-9-11-23(12-10-22)18(24)16-13-17(20-14(2)19-16)21-15-7-5-4-6-8-15/h13,15H,3-12H2,1-2H3,(H,19,20,21). The molecular weight excluding hydrogens is 302 g/mol. The fourth-order valence-corrected chi connectivity index (χ4v) is 3.64. The molecule has 1 amide bonds. The molecule has 0 radical (unpaired) electrons. The van der Waals surface area contributed by atoms with Crippen LogP contribution in [0.15, 0.2) is 6.07 Å². The summed E-state index contributed by atoms with van der Waals surface area (Å²) in [5, 5.41) is 3.51. The molecular formula is C18H29N5O. The molecule has 0 bridgehead atoms. The van der Waals surface area contributed by atoms with Crippen LogP contribution in [-0.4, -0.2) is 64.4 Å². The molecule has 1 saturated heterocycles. The maximum atomic E-state index is 12.8. The summed E-state index contributed by atoms with van der Waals surface area (Å²) in [6.45, 7) is 8.51. The molecule has 132 valence electrons. The Labute approximate surface area is 144 Å². The van der Waals surface area contributed by atoms with Crippen LogP contribution in [0.25, 0.3) is 0 Å². The molecule has 1 N–H and O–H groups in total. The Hall–Kier alpha value is -1.69. The van der Waals surface area contributed by atoms with Crippen LogP contribution in [-0.2, 0) is 0 Å². The lowest BCUT2D eigenvalue weighted by Gasteiger charge is -2.33. The second kappa shape index (κ2) is 7.92. The van der Waals surface area contributed by atoms with E-state index in [1.54, 1.807) is 0 Å². The lowest BCUT2D eigenvalue weighted by Crippen LogP contribution is -2.48. The largest absolute Gasteiger partial charge is 0.367 e. The van der Waals surface area contributed by atoms with Gasteiger partial charge in [-0.05, 0) is 26.3 Å². The molecule has 2 fully saturated rings. The van der Waals surface area contributed by atoms with E-state index in [-0.39, 0.29) is 5.91 Å². The van der Waals surface area contributed by atoms with Crippen molar-refractivity contribution >= 4 is 11.7 Å². The van der Waals surface area contributed by atoms with Gasteiger partial charge in [0, 0.05) is 38.3 Å². The number of aromatic nitrogens is 2. The number of nitrogens with one attached hydrogen (secondary N) is 1. The minimum absolute atomic E-state index is 0.0305. The van der Waals surface area contributed by atoms with Gasteiger partial charge in [0.1, 0.15) is 17.3 Å². The summed E-state index contributed by atoms with van der Waals surface area (Å²) in [6.07, 6.45) is 6.25. The lowest BCUT2D eigenvalue weighted by molar-refractivity contribution is 0.0637. The molecule has 6 heteroatoms. The monoisotopic (exact) mass is 331 g/mol. The molecule has 0 aromatic carbocycles. The highest BCUT2D eigenvalue weighted by Gasteiger charge is 2.23. The first kappa shape index (κ1) is 17.1. The van der Waals surface area contributed by atoms with Crippen molar-refractivity contribution < 1.29 is 4.79 Å². The van der Waals surface area contributed by atoms with Crippen molar-refractivity contribution in [3.63, 3.8) is 0 Å². The van der Waals surface area contributed by atoms with Gasteiger partial charge in [-0.25, -0.2) is 9.97 Å². The molecule has 24 heavy (non-hydrogen) atoms. The van der Waals surface area contributed by atoms with Gasteiger partial charge < -0.3 is 15.1 Å². The number of rotatable bonds is 4. The van der Waals surface area contributed by atoms with E-state index in [0.29, 0.717) is 17.6 Å². The van der Waals surface area contributed by atoms with E-state index in [4.69, 9.17) is 0 Å². The number of nitrogens with zero attached hydrogens (tertiary/aromatic N) is 4. The van der Waals surface area contributed by atoms with Crippen molar-refractivity contribution in [3.8, 4) is 0 Å². The van der Waals surface area contributed by atoms with Gasteiger partial charge in [-0.2, -0.15) is 0 Å². The smallest absolute Gasteiger partial charge is 0.272 e. The Morgan fingerprint density at radius 2 is 1.88 bits per heavy atom. The minimum atomic E-state index is 0.0305. The fourth-order valence-electron chi connectivity index (χ4n) is 3.64. The molecule has 1 saturated carbocycles. The summed E-state index contributed by atoms with van der Waals surface area (Å²) < 4.78 is 0. The first-order chi connectivity index (χ1) is 11.7. The van der Waals surface area contributed by atoms with Crippen molar-refractivity contribution in [1.29, 1.82) is 0 Å². The Kier molecular flexibility index (Phi) is 5.66. The van der Waals surface area contributed by atoms with Crippen molar-refractivity contribution in [1.82, 2.24) is 19.8 Å². The number of likely N-dealkylation sites (N-methyl/N-ethyl adjacent to an activating group) is 1. The molecule has 3 rings (SSSR count). The van der Waals surface area contributed by atoms with Crippen LogP contribution in [0.3, 0.4) is 0 Å². The van der Waals surface area contributed by atoms with Gasteiger partial charge in [-0.15, -0.1) is 0 Å². The Bertz CT molecular complexity index is 563. The molecule has 1 aliphatic heterocycles. The van der Waals surface area contributed by atoms with Crippen LogP contribution >= 0.6 is 0 Å². The maximum Gasteiger partial charge on any atom is 0.272 e. The van der Waals surface area contributed by atoms with E-state index in [1.165, 1.54) is 32.1 Å². The van der Waals surface area contributed by atoms with Crippen molar-refractivity contribution in [2.45, 2.75) is 52.0 Å². The van der Waals surface area contributed by atoms with Crippen LogP contribution in [0.4, 0.5) is 5.82 Å². The van der Waals surface area contributed by atoms with E-state index in [0.717, 1.165) is 38.5 Å². The van der Waals surface area contributed by atoms with Crippen LogP contribution in [0, 0.1) is 6.92 Å². The number of amides is 1. The maximum absolute atomic E-state index is 12.8. The highest BCUT2D eigenvalue weighted by Crippen LogP contribution is 2.21. The highest BCUT2D eigenvalue weighted by molar-refractivity contribution is 5.93. The molecule has 0 atom stereocenters. The van der Waals surface area contributed by atoms with Crippen molar-refractivity contribution in [2.75, 3.05) is 38.0 Å². The van der Waals surface area contributed by atoms with Crippen LogP contribution in [0.1, 0.15) is 55.3 Å². The van der Waals surface area contributed by atoms with Gasteiger partial charge in [0.2, 0.25) is 0 Å². The Balaban J connectivity index is 1.67. The third kappa shape index (κ3) is 4.23. The number of carbonyl (C=O) groups is 1. The number of aryl methyl sites for hydroxylation is 1. The topological polar surface area (TPSA) is 61.4 Å². The highest BCUT2D eigenvalue weighted by atomic mass is 16.2. The van der Waals surface area contributed by atoms with Crippen LogP contribution in [0.2, 0.25) is 0 Å². The number of hydrogen-bond donors (Lipinski definition) is 1. The molecule has 1 aromatic rings. The average Bonchev–Trinajstić information content (AvgIpc) is 2.61. The molecule has 1 aromatic heterocycles. The van der Waals surface area contributed by atoms with E-state index in [2.05, 4.69) is 27.1 Å². The predicted octanol–water partition coefficient (Wildman–Crippen LogP) is 2.31. The zero-order valence-corrected chi connectivity index (χ0v) is 14.9. The molecule has 0 unspecified atom stereocenters. The first-order valence-electron chi connectivity index (χ1n) is 9.29. The average molecular weight is 331 g/mol. The summed E-state index contributed by atoms with van der Waals surface area (Å²) in [5.41, 5.74) is 0.519. The van der Waals surface area contributed by atoms with Crippen molar-refractivity contribution in [3.05, 3.63) is 17.6 Å². The fraction of sp³-hybridized carbons (Fsp3) is 0.722. The second-order valence-corrected chi connectivity index (χ2v) is 6.89. The van der Waals surface area contributed by atoms with Gasteiger partial charge in [0.05, 0.1) is 0 Å². The predicted molar refractivity (Wildman–Crippen MR) is 95.3 cm³/mol. The SMILES string of the molecule is CCN1CCN(C(=O)c2cc(NC3CCCCC3)nc(C)n2)CC1. The van der Waals surface area contributed by atoms with E-state index < -0.39 is 0 Å². The van der Waals surface area contributed by atoms with Crippen molar-refractivity contribution in [2.24, 2.45) is 0 Å². The first-order valence-corrected chi connectivity index (χ1v) is 9.29. The summed E-state index contributed by atoms with van der Waals surface area (Å²) in [5.74, 6) is 1.49. The minimum Gasteiger partial charge on any atom is -0.367 e. The molecule has 2 heterocycles. The Morgan fingerprint density at radius 3 is 2.54 bits per heavy atom. The van der Waals surface area contributed by atoms with Crippen LogP contribution in [0.5, 0.6) is 0 Å². The molecule has 1 aliphatic carbocycles. The number of hydrogen-bond acceptors (Lipinski definition) is 5. The van der Waals surface area contributed by atoms with E-state index in [1.807, 2.05) is 17.9 Å². The van der Waals surface area contributed by atoms with Crippen LogP contribution < -0.4 is 5.32 Å². The summed E-state index contributed by atoms with van der Waals surface area (Å²) >= 11 is 0.